The molecule has 4 rings (SSSR count). The predicted molar refractivity (Wildman–Crippen MR) is 131 cm³/mol. The van der Waals surface area contributed by atoms with Crippen LogP contribution >= 0.6 is 0 Å². The number of benzene rings is 3. The van der Waals surface area contributed by atoms with Crippen molar-refractivity contribution in [3.8, 4) is 11.5 Å². The smallest absolute Gasteiger partial charge is 0.300 e. The molecule has 1 amide bonds. The fourth-order valence-corrected chi connectivity index (χ4v) is 4.16. The van der Waals surface area contributed by atoms with Crippen LogP contribution in [0.25, 0.3) is 5.76 Å². The summed E-state index contributed by atoms with van der Waals surface area (Å²) in [5.41, 5.74) is 2.50. The van der Waals surface area contributed by atoms with Crippen LogP contribution in [0.5, 0.6) is 11.5 Å². The Morgan fingerprint density at radius 2 is 1.65 bits per heavy atom. The van der Waals surface area contributed by atoms with E-state index < -0.39 is 17.7 Å². The maximum Gasteiger partial charge on any atom is 0.300 e. The zero-order chi connectivity index (χ0) is 24.4. The molecule has 1 fully saturated rings. The van der Waals surface area contributed by atoms with Crippen molar-refractivity contribution in [2.24, 2.45) is 0 Å². The third-order valence-corrected chi connectivity index (χ3v) is 5.66. The largest absolute Gasteiger partial charge is 0.507 e. The van der Waals surface area contributed by atoms with Crippen LogP contribution in [0.1, 0.15) is 36.6 Å². The molecule has 3 aromatic carbocycles. The lowest BCUT2D eigenvalue weighted by Gasteiger charge is -2.26. The van der Waals surface area contributed by atoms with Crippen LogP contribution in [0.3, 0.4) is 0 Å². The number of hydrogen-bond donors (Lipinski definition) is 1. The van der Waals surface area contributed by atoms with Crippen LogP contribution in [0, 0.1) is 6.92 Å². The summed E-state index contributed by atoms with van der Waals surface area (Å²) in [6, 6.07) is 20.7. The zero-order valence-electron chi connectivity index (χ0n) is 19.6. The average Bonchev–Trinajstić information content (AvgIpc) is 3.10. The van der Waals surface area contributed by atoms with Gasteiger partial charge in [-0.15, -0.1) is 0 Å². The second-order valence-corrected chi connectivity index (χ2v) is 8.44. The molecule has 6 nitrogen and oxygen atoms in total. The van der Waals surface area contributed by atoms with Gasteiger partial charge in [0.2, 0.25) is 0 Å². The van der Waals surface area contributed by atoms with E-state index in [-0.39, 0.29) is 17.4 Å². The van der Waals surface area contributed by atoms with Gasteiger partial charge in [0.15, 0.2) is 0 Å². The van der Waals surface area contributed by atoms with E-state index in [1.165, 1.54) is 12.0 Å². The summed E-state index contributed by atoms with van der Waals surface area (Å²) in [7, 11) is 1.50. The van der Waals surface area contributed by atoms with Crippen molar-refractivity contribution in [3.05, 3.63) is 95.1 Å². The number of Topliss-reactive ketones (excluding diaryl/α,β-unsaturated/α-hetero) is 1. The van der Waals surface area contributed by atoms with E-state index in [0.29, 0.717) is 28.3 Å². The summed E-state index contributed by atoms with van der Waals surface area (Å²) in [5, 5.41) is 11.4. The first-order chi connectivity index (χ1) is 16.3. The first kappa shape index (κ1) is 23.1. The van der Waals surface area contributed by atoms with Crippen LogP contribution in [0.4, 0.5) is 5.69 Å². The molecular formula is C28H27NO5. The maximum atomic E-state index is 13.3. The standard InChI is InChI=1S/C28H27NO5/c1-17(2)34-21-13-11-20(12-14-21)29-25(19-8-6-5-7-9-19)24(27(31)28(29)32)26(30)22-16-18(3)10-15-23(22)33-4/h5-17,25,30H,1-4H3/b26-24+. The number of hydrogen-bond acceptors (Lipinski definition) is 5. The molecule has 1 unspecified atom stereocenters. The minimum Gasteiger partial charge on any atom is -0.507 e. The van der Waals surface area contributed by atoms with Gasteiger partial charge >= 0.3 is 0 Å². The normalized spacial score (nSPS) is 17.3. The van der Waals surface area contributed by atoms with Gasteiger partial charge in [-0.3, -0.25) is 14.5 Å². The van der Waals surface area contributed by atoms with Gasteiger partial charge < -0.3 is 14.6 Å². The van der Waals surface area contributed by atoms with Crippen molar-refractivity contribution >= 4 is 23.1 Å². The molecule has 0 aliphatic carbocycles. The number of aliphatic hydroxyl groups excluding tert-OH is 1. The lowest BCUT2D eigenvalue weighted by atomic mass is 9.94. The molecule has 0 spiro atoms. The molecule has 0 bridgehead atoms. The lowest BCUT2D eigenvalue weighted by Crippen LogP contribution is -2.29. The number of ether oxygens (including phenoxy) is 2. The van der Waals surface area contributed by atoms with Gasteiger partial charge in [-0.1, -0.05) is 42.0 Å². The van der Waals surface area contributed by atoms with Gasteiger partial charge in [-0.25, -0.2) is 0 Å². The molecule has 34 heavy (non-hydrogen) atoms. The number of nitrogens with zero attached hydrogens (tertiary/aromatic N) is 1. The zero-order valence-corrected chi connectivity index (χ0v) is 19.6. The van der Waals surface area contributed by atoms with Gasteiger partial charge in [0.05, 0.1) is 30.4 Å². The summed E-state index contributed by atoms with van der Waals surface area (Å²) in [6.07, 6.45) is 0.00806. The summed E-state index contributed by atoms with van der Waals surface area (Å²) in [4.78, 5) is 28.0. The topological polar surface area (TPSA) is 76.1 Å². The highest BCUT2D eigenvalue weighted by Crippen LogP contribution is 2.43. The summed E-state index contributed by atoms with van der Waals surface area (Å²) in [6.45, 7) is 5.74. The third-order valence-electron chi connectivity index (χ3n) is 5.66. The van der Waals surface area contributed by atoms with Gasteiger partial charge in [0.25, 0.3) is 11.7 Å². The molecule has 1 aliphatic heterocycles. The molecule has 174 valence electrons. The Kier molecular flexibility index (Phi) is 6.41. The van der Waals surface area contributed by atoms with Gasteiger partial charge in [-0.05, 0) is 62.7 Å². The average molecular weight is 458 g/mol. The number of anilines is 1. The van der Waals surface area contributed by atoms with Crippen LogP contribution in [0.2, 0.25) is 0 Å². The van der Waals surface area contributed by atoms with Crippen LogP contribution in [0.15, 0.2) is 78.4 Å². The minimum absolute atomic E-state index is 0.00806. The lowest BCUT2D eigenvalue weighted by molar-refractivity contribution is -0.132. The second kappa shape index (κ2) is 9.43. The number of methoxy groups -OCH3 is 1. The molecule has 0 radical (unpaired) electrons. The molecule has 0 saturated carbocycles. The molecular weight excluding hydrogens is 430 g/mol. The minimum atomic E-state index is -0.803. The third kappa shape index (κ3) is 4.27. The van der Waals surface area contributed by atoms with Crippen LogP contribution < -0.4 is 14.4 Å². The molecule has 1 atom stereocenters. The molecule has 6 heteroatoms. The Hall–Kier alpha value is -4.06. The highest BCUT2D eigenvalue weighted by atomic mass is 16.5. The Morgan fingerprint density at radius 1 is 0.971 bits per heavy atom. The number of amides is 1. The number of carbonyl (C=O) groups is 2. The van der Waals surface area contributed by atoms with Crippen molar-refractivity contribution in [2.75, 3.05) is 12.0 Å². The highest BCUT2D eigenvalue weighted by molar-refractivity contribution is 6.51. The van der Waals surface area contributed by atoms with E-state index in [2.05, 4.69) is 0 Å². The molecule has 1 heterocycles. The second-order valence-electron chi connectivity index (χ2n) is 8.44. The van der Waals surface area contributed by atoms with Crippen LogP contribution in [-0.4, -0.2) is 30.0 Å². The molecule has 1 saturated heterocycles. The fraction of sp³-hybridized carbons (Fsp3) is 0.214. The van der Waals surface area contributed by atoms with Gasteiger partial charge in [0, 0.05) is 5.69 Å². The molecule has 1 N–H and O–H groups in total. The molecule has 1 aliphatic rings. The molecule has 3 aromatic rings. The first-order valence-corrected chi connectivity index (χ1v) is 11.1. The summed E-state index contributed by atoms with van der Waals surface area (Å²) < 4.78 is 11.1. The maximum absolute atomic E-state index is 13.3. The van der Waals surface area contributed by atoms with Crippen molar-refractivity contribution in [2.45, 2.75) is 32.9 Å². The van der Waals surface area contributed by atoms with Gasteiger partial charge in [-0.2, -0.15) is 0 Å². The SMILES string of the molecule is COc1ccc(C)cc1/C(O)=C1\C(=O)C(=O)N(c2ccc(OC(C)C)cc2)C1c1ccccc1. The fourth-order valence-electron chi connectivity index (χ4n) is 4.16. The predicted octanol–water partition coefficient (Wildman–Crippen LogP) is 5.42. The number of aryl methyl sites for hydroxylation is 1. The van der Waals surface area contributed by atoms with Crippen molar-refractivity contribution in [3.63, 3.8) is 0 Å². The Labute approximate surface area is 199 Å². The number of ketones is 1. The van der Waals surface area contributed by atoms with E-state index >= 15 is 0 Å². The van der Waals surface area contributed by atoms with Crippen molar-refractivity contribution in [1.82, 2.24) is 0 Å². The van der Waals surface area contributed by atoms with Gasteiger partial charge in [0.1, 0.15) is 17.3 Å². The van der Waals surface area contributed by atoms with E-state index in [9.17, 15) is 14.7 Å². The van der Waals surface area contributed by atoms with E-state index in [0.717, 1.165) is 5.56 Å². The summed E-state index contributed by atoms with van der Waals surface area (Å²) in [5.74, 6) is -0.653. The number of rotatable bonds is 6. The van der Waals surface area contributed by atoms with E-state index in [1.54, 1.807) is 36.4 Å². The number of carbonyl (C=O) groups excluding carboxylic acids is 2. The first-order valence-electron chi connectivity index (χ1n) is 11.1. The monoisotopic (exact) mass is 457 g/mol. The molecule has 0 aromatic heterocycles. The van der Waals surface area contributed by atoms with Crippen molar-refractivity contribution < 1.29 is 24.2 Å². The number of aliphatic hydroxyl groups is 1. The quantitative estimate of drug-likeness (QED) is 0.304. The van der Waals surface area contributed by atoms with Crippen molar-refractivity contribution in [1.29, 1.82) is 0 Å². The van der Waals surface area contributed by atoms with E-state index in [4.69, 9.17) is 9.47 Å². The Bertz CT molecular complexity index is 1250. The highest BCUT2D eigenvalue weighted by Gasteiger charge is 2.47. The Balaban J connectivity index is 1.89. The van der Waals surface area contributed by atoms with Crippen LogP contribution in [-0.2, 0) is 9.59 Å². The Morgan fingerprint density at radius 3 is 2.26 bits per heavy atom. The summed E-state index contributed by atoms with van der Waals surface area (Å²) >= 11 is 0. The van der Waals surface area contributed by atoms with E-state index in [1.807, 2.05) is 57.2 Å².